The minimum atomic E-state index is -0.414. The van der Waals surface area contributed by atoms with Crippen LogP contribution < -0.4 is 15.5 Å². The van der Waals surface area contributed by atoms with Crippen molar-refractivity contribution >= 4 is 46.5 Å². The van der Waals surface area contributed by atoms with Gasteiger partial charge >= 0.3 is 0 Å². The first-order valence-corrected chi connectivity index (χ1v) is 11.5. The first-order valence-electron chi connectivity index (χ1n) is 10.4. The van der Waals surface area contributed by atoms with Gasteiger partial charge in [-0.2, -0.15) is 0 Å². The van der Waals surface area contributed by atoms with Crippen LogP contribution in [0.1, 0.15) is 26.5 Å². The lowest BCUT2D eigenvalue weighted by molar-refractivity contribution is -0.116. The van der Waals surface area contributed by atoms with Crippen molar-refractivity contribution in [2.45, 2.75) is 39.0 Å². The number of nitrogens with one attached hydrogen (secondary N) is 2. The molecule has 0 fully saturated rings. The van der Waals surface area contributed by atoms with E-state index >= 15 is 0 Å². The van der Waals surface area contributed by atoms with Crippen LogP contribution in [0.5, 0.6) is 0 Å². The fraction of sp³-hybridized carbons (Fsp3) is 0.292. The number of para-hydroxylation sites is 1. The van der Waals surface area contributed by atoms with Crippen LogP contribution in [0.3, 0.4) is 0 Å². The Kier molecular flexibility index (Phi) is 7.94. The van der Waals surface area contributed by atoms with E-state index in [4.69, 9.17) is 4.52 Å². The van der Waals surface area contributed by atoms with E-state index in [1.807, 2.05) is 68.4 Å². The SMILES string of the molecule is Cc1cc(NC(=O)C(C)SCC(=O)N(c2ccc(Nc3ccccc3)cc2)C(C)C)no1. The standard InChI is InChI=1S/C24H28N4O3S/c1-16(2)28(21-12-10-20(11-13-21)25-19-8-6-5-7-9-19)23(29)15-32-18(4)24(30)26-22-14-17(3)31-27-22/h5-14,16,18,25H,15H2,1-4H3,(H,26,27,30). The van der Waals surface area contributed by atoms with Crippen LogP contribution in [0, 0.1) is 6.92 Å². The van der Waals surface area contributed by atoms with Gasteiger partial charge in [-0.05, 0) is 64.1 Å². The Labute approximate surface area is 192 Å². The summed E-state index contributed by atoms with van der Waals surface area (Å²) >= 11 is 1.29. The third kappa shape index (κ3) is 6.37. The van der Waals surface area contributed by atoms with Gasteiger partial charge in [0.2, 0.25) is 11.8 Å². The number of thioether (sulfide) groups is 1. The van der Waals surface area contributed by atoms with Gasteiger partial charge < -0.3 is 20.1 Å². The Hall–Kier alpha value is -3.26. The molecule has 2 aromatic carbocycles. The predicted molar refractivity (Wildman–Crippen MR) is 131 cm³/mol. The first-order chi connectivity index (χ1) is 15.3. The molecule has 0 aliphatic heterocycles. The fourth-order valence-corrected chi connectivity index (χ4v) is 3.86. The van der Waals surface area contributed by atoms with Crippen LogP contribution >= 0.6 is 11.8 Å². The van der Waals surface area contributed by atoms with E-state index in [-0.39, 0.29) is 23.6 Å². The Morgan fingerprint density at radius 3 is 2.28 bits per heavy atom. The van der Waals surface area contributed by atoms with Gasteiger partial charge in [0, 0.05) is 29.2 Å². The van der Waals surface area contributed by atoms with Gasteiger partial charge in [-0.25, -0.2) is 0 Å². The maximum absolute atomic E-state index is 13.0. The normalized spacial score (nSPS) is 11.8. The molecule has 2 amide bonds. The number of amides is 2. The van der Waals surface area contributed by atoms with E-state index in [0.717, 1.165) is 17.1 Å². The molecule has 0 spiro atoms. The Morgan fingerprint density at radius 1 is 1.03 bits per heavy atom. The third-order valence-electron chi connectivity index (χ3n) is 4.70. The fourth-order valence-electron chi connectivity index (χ4n) is 3.12. The zero-order chi connectivity index (χ0) is 23.1. The molecule has 3 rings (SSSR count). The highest BCUT2D eigenvalue weighted by atomic mass is 32.2. The number of aromatic nitrogens is 1. The molecule has 1 atom stereocenters. The second-order valence-corrected chi connectivity index (χ2v) is 8.99. The first kappa shape index (κ1) is 23.4. The molecule has 0 aliphatic rings. The van der Waals surface area contributed by atoms with Crippen LogP contribution in [-0.2, 0) is 9.59 Å². The molecular formula is C24H28N4O3S. The van der Waals surface area contributed by atoms with Gasteiger partial charge in [-0.3, -0.25) is 9.59 Å². The van der Waals surface area contributed by atoms with Gasteiger partial charge in [0.1, 0.15) is 5.76 Å². The second-order valence-electron chi connectivity index (χ2n) is 7.66. The zero-order valence-electron chi connectivity index (χ0n) is 18.7. The van der Waals surface area contributed by atoms with E-state index in [1.54, 1.807) is 24.8 Å². The maximum atomic E-state index is 13.0. The highest BCUT2D eigenvalue weighted by Crippen LogP contribution is 2.24. The number of carbonyl (C=O) groups excluding carboxylic acids is 2. The number of aryl methyl sites for hydroxylation is 1. The highest BCUT2D eigenvalue weighted by molar-refractivity contribution is 8.01. The summed E-state index contributed by atoms with van der Waals surface area (Å²) in [6, 6.07) is 19.3. The Bertz CT molecular complexity index is 1030. The maximum Gasteiger partial charge on any atom is 0.238 e. The summed E-state index contributed by atoms with van der Waals surface area (Å²) in [7, 11) is 0. The van der Waals surface area contributed by atoms with Crippen molar-refractivity contribution in [3.8, 4) is 0 Å². The van der Waals surface area contributed by atoms with Crippen LogP contribution in [0.25, 0.3) is 0 Å². The number of rotatable bonds is 9. The minimum Gasteiger partial charge on any atom is -0.360 e. The summed E-state index contributed by atoms with van der Waals surface area (Å²) in [5, 5.41) is 9.39. The number of carbonyl (C=O) groups is 2. The van der Waals surface area contributed by atoms with Crippen LogP contribution in [0.2, 0.25) is 0 Å². The molecule has 3 aromatic rings. The summed E-state index contributed by atoms with van der Waals surface area (Å²) in [5.41, 5.74) is 2.76. The van der Waals surface area contributed by atoms with Crippen molar-refractivity contribution in [1.82, 2.24) is 5.16 Å². The molecule has 1 aromatic heterocycles. The molecule has 8 heteroatoms. The van der Waals surface area contributed by atoms with Gasteiger partial charge in [-0.1, -0.05) is 23.4 Å². The van der Waals surface area contributed by atoms with Crippen LogP contribution in [0.15, 0.2) is 65.2 Å². The zero-order valence-corrected chi connectivity index (χ0v) is 19.5. The molecule has 32 heavy (non-hydrogen) atoms. The van der Waals surface area contributed by atoms with Crippen LogP contribution in [-0.4, -0.2) is 34.0 Å². The molecule has 168 valence electrons. The summed E-state index contributed by atoms with van der Waals surface area (Å²) in [5.74, 6) is 0.913. The van der Waals surface area contributed by atoms with E-state index in [2.05, 4.69) is 15.8 Å². The van der Waals surface area contributed by atoms with Gasteiger partial charge in [0.25, 0.3) is 0 Å². The molecule has 1 unspecified atom stereocenters. The van der Waals surface area contributed by atoms with Crippen molar-refractivity contribution in [1.29, 1.82) is 0 Å². The average molecular weight is 453 g/mol. The van der Waals surface area contributed by atoms with E-state index in [9.17, 15) is 9.59 Å². The van der Waals surface area contributed by atoms with Gasteiger partial charge in [-0.15, -0.1) is 11.8 Å². The van der Waals surface area contributed by atoms with Gasteiger partial charge in [0.15, 0.2) is 5.82 Å². The number of nitrogens with zero attached hydrogens (tertiary/aromatic N) is 2. The lowest BCUT2D eigenvalue weighted by Crippen LogP contribution is -2.39. The number of hydrogen-bond acceptors (Lipinski definition) is 6. The van der Waals surface area contributed by atoms with E-state index < -0.39 is 5.25 Å². The van der Waals surface area contributed by atoms with E-state index in [0.29, 0.717) is 11.6 Å². The Morgan fingerprint density at radius 2 is 1.69 bits per heavy atom. The van der Waals surface area contributed by atoms with Crippen molar-refractivity contribution < 1.29 is 14.1 Å². The molecule has 1 heterocycles. The second kappa shape index (κ2) is 10.9. The largest absolute Gasteiger partial charge is 0.360 e. The predicted octanol–water partition coefficient (Wildman–Crippen LogP) is 5.23. The molecule has 0 saturated heterocycles. The molecule has 0 radical (unpaired) electrons. The smallest absolute Gasteiger partial charge is 0.238 e. The molecule has 0 aliphatic carbocycles. The van der Waals surface area contributed by atoms with Crippen molar-refractivity contribution in [3.05, 3.63) is 66.4 Å². The molecule has 2 N–H and O–H groups in total. The molecule has 7 nitrogen and oxygen atoms in total. The van der Waals surface area contributed by atoms with Crippen molar-refractivity contribution in [2.75, 3.05) is 21.3 Å². The number of anilines is 4. The van der Waals surface area contributed by atoms with E-state index in [1.165, 1.54) is 11.8 Å². The Balaban J connectivity index is 1.58. The topological polar surface area (TPSA) is 87.5 Å². The summed E-state index contributed by atoms with van der Waals surface area (Å²) in [4.78, 5) is 27.1. The number of benzene rings is 2. The molecule has 0 saturated carbocycles. The summed E-state index contributed by atoms with van der Waals surface area (Å²) in [6.45, 7) is 7.47. The number of hydrogen-bond donors (Lipinski definition) is 2. The molecule has 0 bridgehead atoms. The molecular weight excluding hydrogens is 424 g/mol. The average Bonchev–Trinajstić information content (AvgIpc) is 3.18. The third-order valence-corrected chi connectivity index (χ3v) is 5.83. The van der Waals surface area contributed by atoms with Crippen molar-refractivity contribution in [3.63, 3.8) is 0 Å². The summed E-state index contributed by atoms with van der Waals surface area (Å²) < 4.78 is 4.95. The summed E-state index contributed by atoms with van der Waals surface area (Å²) in [6.07, 6.45) is 0. The van der Waals surface area contributed by atoms with Gasteiger partial charge in [0.05, 0.1) is 11.0 Å². The minimum absolute atomic E-state index is 0.0155. The van der Waals surface area contributed by atoms with Crippen LogP contribution in [0.4, 0.5) is 22.9 Å². The van der Waals surface area contributed by atoms with Crippen molar-refractivity contribution in [2.24, 2.45) is 0 Å². The monoisotopic (exact) mass is 452 g/mol. The highest BCUT2D eigenvalue weighted by Gasteiger charge is 2.22. The lowest BCUT2D eigenvalue weighted by atomic mass is 10.2. The lowest BCUT2D eigenvalue weighted by Gasteiger charge is -2.27. The quantitative estimate of drug-likeness (QED) is 0.462.